The minimum atomic E-state index is 0. The van der Waals surface area contributed by atoms with Crippen LogP contribution < -0.4 is 5.32 Å². The molecule has 1 saturated heterocycles. The van der Waals surface area contributed by atoms with E-state index in [1.54, 1.807) is 6.26 Å². The molecule has 1 heterocycles. The highest BCUT2D eigenvalue weighted by molar-refractivity contribution is 7.79. The van der Waals surface area contributed by atoms with Gasteiger partial charge >= 0.3 is 0 Å². The van der Waals surface area contributed by atoms with Crippen molar-refractivity contribution in [2.75, 3.05) is 19.3 Å². The topological polar surface area (TPSA) is 75.0 Å². The van der Waals surface area contributed by atoms with Gasteiger partial charge in [0.05, 0.1) is 0 Å². The Labute approximate surface area is 68.2 Å². The Morgan fingerprint density at radius 2 is 1.30 bits per heavy atom. The van der Waals surface area contributed by atoms with Gasteiger partial charge < -0.3 is 16.3 Å². The summed E-state index contributed by atoms with van der Waals surface area (Å²) in [6.45, 7) is 2.50. The second-order valence-electron chi connectivity index (χ2n) is 1.81. The minimum absolute atomic E-state index is 0. The predicted octanol–water partition coefficient (Wildman–Crippen LogP) is -0.344. The van der Waals surface area contributed by atoms with Gasteiger partial charge in [-0.15, -0.1) is 0 Å². The van der Waals surface area contributed by atoms with Crippen LogP contribution in [0.15, 0.2) is 0 Å². The summed E-state index contributed by atoms with van der Waals surface area (Å²) in [6.07, 6.45) is 5.91. The first-order valence-electron chi connectivity index (χ1n) is 3.15. The summed E-state index contributed by atoms with van der Waals surface area (Å²) in [4.78, 5) is 0. The van der Waals surface area contributed by atoms with Crippen LogP contribution in [0.2, 0.25) is 0 Å². The molecule has 1 fully saturated rings. The van der Waals surface area contributed by atoms with E-state index in [2.05, 4.69) is 17.9 Å². The summed E-state index contributed by atoms with van der Waals surface area (Å²) in [5.41, 5.74) is 0. The van der Waals surface area contributed by atoms with Crippen molar-refractivity contribution < 1.29 is 11.0 Å². The Morgan fingerprint density at radius 1 is 0.900 bits per heavy atom. The van der Waals surface area contributed by atoms with Crippen LogP contribution in [0.4, 0.5) is 0 Å². The zero-order valence-corrected chi connectivity index (χ0v) is 7.38. The molecular formula is C6H19NO2S. The molecule has 10 heavy (non-hydrogen) atoms. The zero-order chi connectivity index (χ0) is 6.24. The monoisotopic (exact) mass is 169 g/mol. The molecule has 1 rings (SSSR count). The second kappa shape index (κ2) is 16.1. The van der Waals surface area contributed by atoms with E-state index in [0.29, 0.717) is 0 Å². The maximum absolute atomic E-state index is 3.53. The molecule has 0 aliphatic carbocycles. The van der Waals surface area contributed by atoms with Crippen LogP contribution in [-0.2, 0) is 0 Å². The molecule has 1 aliphatic heterocycles. The Balaban J connectivity index is -0.000000114. The third-order valence-electron chi connectivity index (χ3n) is 1.21. The Bertz CT molecular complexity index is 31.2. The van der Waals surface area contributed by atoms with E-state index in [1.807, 2.05) is 0 Å². The van der Waals surface area contributed by atoms with Gasteiger partial charge in [0.25, 0.3) is 0 Å². The molecule has 0 aromatic heterocycles. The van der Waals surface area contributed by atoms with Gasteiger partial charge in [-0.05, 0) is 32.2 Å². The normalized spacial score (nSPS) is 15.0. The lowest BCUT2D eigenvalue weighted by atomic mass is 10.2. The summed E-state index contributed by atoms with van der Waals surface area (Å²) < 4.78 is 0. The molecule has 0 saturated carbocycles. The van der Waals surface area contributed by atoms with Gasteiger partial charge in [0.2, 0.25) is 0 Å². The molecule has 1 aliphatic rings. The Kier molecular flexibility index (Phi) is 26.9. The smallest absolute Gasteiger partial charge is 0.00489 e. The quantitative estimate of drug-likeness (QED) is 0.478. The number of hydrogen-bond acceptors (Lipinski definition) is 2. The Morgan fingerprint density at radius 3 is 1.40 bits per heavy atom. The average molecular weight is 169 g/mol. The molecule has 0 unspecified atom stereocenters. The zero-order valence-electron chi connectivity index (χ0n) is 6.48. The van der Waals surface area contributed by atoms with Crippen LogP contribution >= 0.6 is 12.6 Å². The SMILES string of the molecule is C1CCNCC1.CS.O.O. The van der Waals surface area contributed by atoms with Gasteiger partial charge in [0.15, 0.2) is 0 Å². The molecule has 0 spiro atoms. The molecule has 0 bridgehead atoms. The van der Waals surface area contributed by atoms with Crippen molar-refractivity contribution in [3.8, 4) is 0 Å². The number of nitrogens with one attached hydrogen (secondary N) is 1. The van der Waals surface area contributed by atoms with Crippen molar-refractivity contribution >= 4 is 12.6 Å². The largest absolute Gasteiger partial charge is 0.412 e. The van der Waals surface area contributed by atoms with Crippen molar-refractivity contribution in [1.29, 1.82) is 0 Å². The minimum Gasteiger partial charge on any atom is -0.412 e. The molecular weight excluding hydrogens is 150 g/mol. The lowest BCUT2D eigenvalue weighted by Crippen LogP contribution is -2.21. The third-order valence-corrected chi connectivity index (χ3v) is 1.21. The van der Waals surface area contributed by atoms with Gasteiger partial charge in [-0.1, -0.05) is 6.42 Å². The van der Waals surface area contributed by atoms with E-state index < -0.39 is 0 Å². The number of piperidine rings is 1. The highest BCUT2D eigenvalue weighted by Gasteiger charge is 1.93. The second-order valence-corrected chi connectivity index (χ2v) is 1.81. The highest BCUT2D eigenvalue weighted by atomic mass is 32.1. The van der Waals surface area contributed by atoms with Crippen molar-refractivity contribution in [3.05, 3.63) is 0 Å². The van der Waals surface area contributed by atoms with Crippen LogP contribution in [0.5, 0.6) is 0 Å². The molecule has 0 radical (unpaired) electrons. The predicted molar refractivity (Wildman–Crippen MR) is 48.9 cm³/mol. The molecule has 3 nitrogen and oxygen atoms in total. The molecule has 0 aromatic carbocycles. The number of thiol groups is 1. The number of rotatable bonds is 0. The Hall–Kier alpha value is 0.230. The fraction of sp³-hybridized carbons (Fsp3) is 1.00. The fourth-order valence-corrected chi connectivity index (χ4v) is 0.802. The van der Waals surface area contributed by atoms with Crippen molar-refractivity contribution in [2.24, 2.45) is 0 Å². The highest BCUT2D eigenvalue weighted by Crippen LogP contribution is 1.96. The van der Waals surface area contributed by atoms with E-state index in [0.717, 1.165) is 0 Å². The van der Waals surface area contributed by atoms with Crippen molar-refractivity contribution in [3.63, 3.8) is 0 Å². The van der Waals surface area contributed by atoms with E-state index >= 15 is 0 Å². The summed E-state index contributed by atoms with van der Waals surface area (Å²) in [7, 11) is 0. The van der Waals surface area contributed by atoms with Crippen molar-refractivity contribution in [1.82, 2.24) is 5.32 Å². The fourth-order valence-electron chi connectivity index (χ4n) is 0.802. The molecule has 0 aromatic rings. The van der Waals surface area contributed by atoms with E-state index in [4.69, 9.17) is 0 Å². The molecule has 4 heteroatoms. The van der Waals surface area contributed by atoms with Gasteiger partial charge in [0, 0.05) is 0 Å². The van der Waals surface area contributed by atoms with E-state index in [9.17, 15) is 0 Å². The van der Waals surface area contributed by atoms with E-state index in [-0.39, 0.29) is 11.0 Å². The maximum Gasteiger partial charge on any atom is -0.00489 e. The van der Waals surface area contributed by atoms with Crippen LogP contribution in [0.3, 0.4) is 0 Å². The van der Waals surface area contributed by atoms with Gasteiger partial charge in [-0.25, -0.2) is 0 Å². The molecule has 66 valence electrons. The average Bonchev–Trinajstić information content (AvgIpc) is 1.96. The van der Waals surface area contributed by atoms with E-state index in [1.165, 1.54) is 32.4 Å². The molecule has 0 atom stereocenters. The summed E-state index contributed by atoms with van der Waals surface area (Å²) in [5.74, 6) is 0. The van der Waals surface area contributed by atoms with Crippen molar-refractivity contribution in [2.45, 2.75) is 19.3 Å². The van der Waals surface area contributed by atoms with Crippen LogP contribution in [0, 0.1) is 0 Å². The van der Waals surface area contributed by atoms with Gasteiger partial charge in [-0.3, -0.25) is 0 Å². The molecule has 5 N–H and O–H groups in total. The summed E-state index contributed by atoms with van der Waals surface area (Å²) in [6, 6.07) is 0. The first-order valence-corrected chi connectivity index (χ1v) is 4.05. The van der Waals surface area contributed by atoms with Crippen LogP contribution in [-0.4, -0.2) is 30.3 Å². The maximum atomic E-state index is 3.53. The molecule has 0 amide bonds. The van der Waals surface area contributed by atoms with Crippen LogP contribution in [0.1, 0.15) is 19.3 Å². The number of hydrogen-bond donors (Lipinski definition) is 2. The first kappa shape index (κ1) is 16.7. The lowest BCUT2D eigenvalue weighted by molar-refractivity contribution is 0.520. The standard InChI is InChI=1S/C5H11N.CH4S.2H2O/c1-2-4-6-5-3-1;1-2;;/h6H,1-5H2;2H,1H3;2*1H2. The first-order chi connectivity index (χ1) is 4.00. The lowest BCUT2D eigenvalue weighted by Gasteiger charge is -2.08. The van der Waals surface area contributed by atoms with Crippen LogP contribution in [0.25, 0.3) is 0 Å². The summed E-state index contributed by atoms with van der Waals surface area (Å²) in [5, 5.41) is 3.28. The van der Waals surface area contributed by atoms with Gasteiger partial charge in [-0.2, -0.15) is 12.6 Å². The third kappa shape index (κ3) is 11.1. The van der Waals surface area contributed by atoms with Gasteiger partial charge in [0.1, 0.15) is 0 Å². The summed E-state index contributed by atoms with van der Waals surface area (Å²) >= 11 is 3.53.